The van der Waals surface area contributed by atoms with Crippen LogP contribution in [0.2, 0.25) is 0 Å². The van der Waals surface area contributed by atoms with Crippen molar-refractivity contribution < 1.29 is 9.53 Å². The number of imidazole rings is 1. The van der Waals surface area contributed by atoms with E-state index in [1.165, 1.54) is 14.0 Å². The molecule has 0 aromatic carbocycles. The van der Waals surface area contributed by atoms with Gasteiger partial charge in [0.25, 0.3) is 0 Å². The Hall–Kier alpha value is -2.31. The summed E-state index contributed by atoms with van der Waals surface area (Å²) in [5, 5.41) is 2.58. The lowest BCUT2D eigenvalue weighted by Crippen LogP contribution is -2.24. The molecule has 0 radical (unpaired) electrons. The number of ether oxygens (including phenoxy) is 1. The summed E-state index contributed by atoms with van der Waals surface area (Å²) < 4.78 is 5.12. The minimum Gasteiger partial charge on any atom is -0.482 e. The highest BCUT2D eigenvalue weighted by Gasteiger charge is 2.15. The molecule has 2 aromatic rings. The highest BCUT2D eigenvalue weighted by molar-refractivity contribution is 5.74. The van der Waals surface area contributed by atoms with Crippen LogP contribution >= 0.6 is 0 Å². The normalized spacial score (nSPS) is 9.85. The molecule has 0 unspecified atom stereocenters. The maximum atomic E-state index is 12.2. The van der Waals surface area contributed by atoms with E-state index in [2.05, 4.69) is 20.3 Å². The van der Waals surface area contributed by atoms with Gasteiger partial charge in [-0.2, -0.15) is 0 Å². The van der Waals surface area contributed by atoms with Crippen molar-refractivity contribution in [3.8, 4) is 5.88 Å². The average molecular weight is 280 g/mol. The molecule has 0 fully saturated rings. The zero-order chi connectivity index (χ0) is 15.3. The van der Waals surface area contributed by atoms with Crippen LogP contribution in [0, 0.1) is 6.92 Å². The van der Waals surface area contributed by atoms with Gasteiger partial charge in [0, 0.05) is 6.92 Å². The molecular formula is C13H20N4O3. The van der Waals surface area contributed by atoms with Crippen molar-refractivity contribution in [1.29, 1.82) is 0 Å². The van der Waals surface area contributed by atoms with E-state index >= 15 is 0 Å². The van der Waals surface area contributed by atoms with Crippen LogP contribution < -0.4 is 15.5 Å². The van der Waals surface area contributed by atoms with E-state index in [4.69, 9.17) is 4.74 Å². The van der Waals surface area contributed by atoms with Crippen LogP contribution in [-0.4, -0.2) is 28.0 Å². The second-order valence-corrected chi connectivity index (χ2v) is 3.92. The number of H-pyrrole nitrogens is 2. The molecule has 0 atom stereocenters. The van der Waals surface area contributed by atoms with Crippen molar-refractivity contribution in [3.05, 3.63) is 21.6 Å². The van der Waals surface area contributed by atoms with E-state index in [-0.39, 0.29) is 17.9 Å². The van der Waals surface area contributed by atoms with E-state index in [1.807, 2.05) is 13.8 Å². The molecule has 2 aromatic heterocycles. The molecule has 0 aliphatic rings. The molecule has 3 N–H and O–H groups in total. The number of carbonyl (C=O) groups excluding carboxylic acids is 1. The maximum absolute atomic E-state index is 12.2. The maximum Gasteiger partial charge on any atom is 0.217 e. The average Bonchev–Trinajstić information content (AvgIpc) is 2.80. The molecule has 0 saturated heterocycles. The molecule has 0 spiro atoms. The summed E-state index contributed by atoms with van der Waals surface area (Å²) >= 11 is 0. The van der Waals surface area contributed by atoms with Crippen LogP contribution in [0.1, 0.15) is 32.2 Å². The third-order valence-corrected chi connectivity index (χ3v) is 2.55. The van der Waals surface area contributed by atoms with Gasteiger partial charge in [-0.05, 0) is 6.92 Å². The molecule has 0 aliphatic heterocycles. The molecule has 1 amide bonds. The van der Waals surface area contributed by atoms with Crippen molar-refractivity contribution >= 4 is 17.1 Å². The zero-order valence-corrected chi connectivity index (χ0v) is 12.4. The first-order valence-electron chi connectivity index (χ1n) is 6.42. The van der Waals surface area contributed by atoms with Crippen LogP contribution in [0.5, 0.6) is 5.88 Å². The molecular weight excluding hydrogens is 260 g/mol. The first-order chi connectivity index (χ1) is 9.52. The number of nitrogens with zero attached hydrogens (tertiary/aromatic N) is 1. The quantitative estimate of drug-likeness (QED) is 0.787. The number of nitrogens with one attached hydrogen (secondary N) is 3. The molecule has 0 saturated carbocycles. The number of amides is 1. The lowest BCUT2D eigenvalue weighted by molar-refractivity contribution is -0.119. The topological polar surface area (TPSA) is 99.9 Å². The monoisotopic (exact) mass is 280 g/mol. The Kier molecular flexibility index (Phi) is 5.31. The fourth-order valence-electron chi connectivity index (χ4n) is 1.73. The van der Waals surface area contributed by atoms with Gasteiger partial charge in [0.05, 0.1) is 19.2 Å². The van der Waals surface area contributed by atoms with Crippen molar-refractivity contribution in [2.75, 3.05) is 7.11 Å². The number of aromatic nitrogens is 3. The summed E-state index contributed by atoms with van der Waals surface area (Å²) in [6, 6.07) is 0. The van der Waals surface area contributed by atoms with Crippen molar-refractivity contribution in [2.24, 2.45) is 0 Å². The predicted octanol–water partition coefficient (Wildman–Crippen LogP) is 1.23. The first kappa shape index (κ1) is 15.7. The van der Waals surface area contributed by atoms with Gasteiger partial charge in [-0.3, -0.25) is 9.59 Å². The lowest BCUT2D eigenvalue weighted by Gasteiger charge is -2.07. The minimum atomic E-state index is -0.227. The molecule has 0 bridgehead atoms. The van der Waals surface area contributed by atoms with E-state index in [0.29, 0.717) is 28.4 Å². The summed E-state index contributed by atoms with van der Waals surface area (Å²) in [6.45, 7) is 7.26. The van der Waals surface area contributed by atoms with Crippen molar-refractivity contribution in [1.82, 2.24) is 20.3 Å². The number of methoxy groups -OCH3 is 1. The van der Waals surface area contributed by atoms with Crippen LogP contribution in [0.25, 0.3) is 11.2 Å². The zero-order valence-electron chi connectivity index (χ0n) is 12.4. The highest BCUT2D eigenvalue weighted by Crippen LogP contribution is 2.15. The molecule has 2 heterocycles. The van der Waals surface area contributed by atoms with Gasteiger partial charge in [0.1, 0.15) is 11.3 Å². The van der Waals surface area contributed by atoms with Gasteiger partial charge in [-0.1, -0.05) is 13.8 Å². The number of hydrogen-bond donors (Lipinski definition) is 3. The summed E-state index contributed by atoms with van der Waals surface area (Å²) in [4.78, 5) is 33.1. The smallest absolute Gasteiger partial charge is 0.217 e. The lowest BCUT2D eigenvalue weighted by atomic mass is 10.2. The molecule has 7 heteroatoms. The number of carbonyl (C=O) groups is 1. The van der Waals surface area contributed by atoms with E-state index in [1.54, 1.807) is 6.92 Å². The van der Waals surface area contributed by atoms with Crippen molar-refractivity contribution in [3.63, 3.8) is 0 Å². The Bertz CT molecular complexity index is 657. The third kappa shape index (κ3) is 3.17. The Balaban J connectivity index is 0.000000956. The van der Waals surface area contributed by atoms with E-state index in [0.717, 1.165) is 0 Å². The van der Waals surface area contributed by atoms with Crippen LogP contribution in [0.3, 0.4) is 0 Å². The third-order valence-electron chi connectivity index (χ3n) is 2.55. The minimum absolute atomic E-state index is 0.113. The summed E-state index contributed by atoms with van der Waals surface area (Å²) in [7, 11) is 1.45. The number of hydrogen-bond acceptors (Lipinski definition) is 4. The number of pyridine rings is 1. The van der Waals surface area contributed by atoms with Gasteiger partial charge >= 0.3 is 0 Å². The summed E-state index contributed by atoms with van der Waals surface area (Å²) in [5.74, 6) is 0.738. The number of rotatable bonds is 3. The van der Waals surface area contributed by atoms with Crippen LogP contribution in [-0.2, 0) is 11.3 Å². The van der Waals surface area contributed by atoms with Crippen molar-refractivity contribution in [2.45, 2.75) is 34.2 Å². The Morgan fingerprint density at radius 1 is 1.35 bits per heavy atom. The molecule has 0 aliphatic carbocycles. The van der Waals surface area contributed by atoms with E-state index in [9.17, 15) is 9.59 Å². The SMILES string of the molecule is CC.COc1[nH]c2nc(C)[nH]c2c(=O)c1CNC(C)=O. The van der Waals surface area contributed by atoms with Gasteiger partial charge in [0.15, 0.2) is 5.65 Å². The highest BCUT2D eigenvalue weighted by atomic mass is 16.5. The summed E-state index contributed by atoms with van der Waals surface area (Å²) in [5.41, 5.74) is 0.966. The van der Waals surface area contributed by atoms with Gasteiger partial charge in [-0.25, -0.2) is 4.98 Å². The Morgan fingerprint density at radius 2 is 2.00 bits per heavy atom. The molecule has 7 nitrogen and oxygen atoms in total. The van der Waals surface area contributed by atoms with E-state index < -0.39 is 0 Å². The second kappa shape index (κ2) is 6.74. The fourth-order valence-corrected chi connectivity index (χ4v) is 1.73. The fraction of sp³-hybridized carbons (Fsp3) is 0.462. The molecule has 110 valence electrons. The van der Waals surface area contributed by atoms with Gasteiger partial charge < -0.3 is 20.0 Å². The largest absolute Gasteiger partial charge is 0.482 e. The molecule has 2 rings (SSSR count). The van der Waals surface area contributed by atoms with Crippen LogP contribution in [0.4, 0.5) is 0 Å². The summed E-state index contributed by atoms with van der Waals surface area (Å²) in [6.07, 6.45) is 0. The Labute approximate surface area is 116 Å². The number of aromatic amines is 2. The first-order valence-corrected chi connectivity index (χ1v) is 6.42. The van der Waals surface area contributed by atoms with Gasteiger partial charge in [-0.15, -0.1) is 0 Å². The van der Waals surface area contributed by atoms with Crippen LogP contribution in [0.15, 0.2) is 4.79 Å². The number of fused-ring (bicyclic) bond motifs is 1. The standard InChI is InChI=1S/C11H14N4O3.C2H6/c1-5-13-8-9(17)7(4-12-6(2)16)11(18-3)15-10(8)14-5;1-2/h4H2,1-3H3,(H,12,16)(H2,13,14,15,17);1-2H3. The predicted molar refractivity (Wildman–Crippen MR) is 76.9 cm³/mol. The van der Waals surface area contributed by atoms with Gasteiger partial charge in [0.2, 0.25) is 17.2 Å². The number of aryl methyl sites for hydroxylation is 1. The molecule has 20 heavy (non-hydrogen) atoms. The Morgan fingerprint density at radius 3 is 2.55 bits per heavy atom. The second-order valence-electron chi connectivity index (χ2n) is 3.92.